The van der Waals surface area contributed by atoms with E-state index < -0.39 is 41.2 Å². The summed E-state index contributed by atoms with van der Waals surface area (Å²) in [6.45, 7) is 17.9. The summed E-state index contributed by atoms with van der Waals surface area (Å²) in [6, 6.07) is 7.84. The summed E-state index contributed by atoms with van der Waals surface area (Å²) in [7, 11) is 0. The Morgan fingerprint density at radius 3 is 2.35 bits per heavy atom. The molecule has 1 N–H and O–H groups in total. The predicted octanol–water partition coefficient (Wildman–Crippen LogP) is 3.80. The van der Waals surface area contributed by atoms with Crippen molar-refractivity contribution in [2.75, 3.05) is 24.6 Å². The van der Waals surface area contributed by atoms with Crippen molar-refractivity contribution in [3.63, 3.8) is 0 Å². The molecular weight excluding hydrogens is 506 g/mol. The quantitative estimate of drug-likeness (QED) is 0.423. The summed E-state index contributed by atoms with van der Waals surface area (Å²) < 4.78 is 6.67. The van der Waals surface area contributed by atoms with E-state index in [9.17, 15) is 19.5 Å². The van der Waals surface area contributed by atoms with Gasteiger partial charge in [-0.05, 0) is 58.1 Å². The average molecular weight is 552 g/mol. The number of hydrogen-bond acceptors (Lipinski definition) is 5. The van der Waals surface area contributed by atoms with Crippen LogP contribution in [-0.2, 0) is 19.1 Å². The lowest BCUT2D eigenvalue weighted by molar-refractivity contribution is -0.154. The van der Waals surface area contributed by atoms with Gasteiger partial charge in [0, 0.05) is 24.3 Å². The van der Waals surface area contributed by atoms with Crippen molar-refractivity contribution in [3.8, 4) is 0 Å². The second kappa shape index (κ2) is 11.5. The Morgan fingerprint density at radius 2 is 1.80 bits per heavy atom. The maximum absolute atomic E-state index is 14.5. The largest absolute Gasteiger partial charge is 0.394 e. The first-order valence-corrected chi connectivity index (χ1v) is 14.4. The number of para-hydroxylation sites is 1. The van der Waals surface area contributed by atoms with E-state index in [-0.39, 0.29) is 36.8 Å². The van der Waals surface area contributed by atoms with E-state index >= 15 is 0 Å². The number of ether oxygens (including phenoxy) is 1. The van der Waals surface area contributed by atoms with Crippen LogP contribution >= 0.6 is 0 Å². The van der Waals surface area contributed by atoms with E-state index in [1.54, 1.807) is 26.9 Å². The van der Waals surface area contributed by atoms with Gasteiger partial charge in [0.2, 0.25) is 17.7 Å². The van der Waals surface area contributed by atoms with Gasteiger partial charge in [0.15, 0.2) is 0 Å². The Kier molecular flexibility index (Phi) is 8.62. The zero-order chi connectivity index (χ0) is 29.4. The van der Waals surface area contributed by atoms with Crippen molar-refractivity contribution in [2.45, 2.75) is 83.2 Å². The highest BCUT2D eigenvalue weighted by Crippen LogP contribution is 2.59. The van der Waals surface area contributed by atoms with E-state index in [2.05, 4.69) is 13.2 Å². The number of carbonyl (C=O) groups is 3. The smallest absolute Gasteiger partial charge is 0.249 e. The number of rotatable bonds is 11. The molecule has 0 aromatic heterocycles. The predicted molar refractivity (Wildman–Crippen MR) is 155 cm³/mol. The molecular formula is C32H45N3O5. The summed E-state index contributed by atoms with van der Waals surface area (Å²) in [6.07, 6.45) is 4.51. The molecule has 2 unspecified atom stereocenters. The van der Waals surface area contributed by atoms with Gasteiger partial charge in [-0.2, -0.15) is 0 Å². The number of hydrogen-bond donors (Lipinski definition) is 1. The highest BCUT2D eigenvalue weighted by atomic mass is 16.5. The van der Waals surface area contributed by atoms with Gasteiger partial charge >= 0.3 is 0 Å². The molecule has 1 aromatic rings. The van der Waals surface area contributed by atoms with Gasteiger partial charge in [-0.25, -0.2) is 0 Å². The molecule has 2 bridgehead atoms. The molecule has 3 heterocycles. The van der Waals surface area contributed by atoms with Crippen LogP contribution < -0.4 is 4.90 Å². The molecule has 218 valence electrons. The first kappa shape index (κ1) is 30.0. The van der Waals surface area contributed by atoms with Crippen LogP contribution in [0.4, 0.5) is 5.69 Å². The van der Waals surface area contributed by atoms with Crippen LogP contribution in [0.3, 0.4) is 0 Å². The summed E-state index contributed by atoms with van der Waals surface area (Å²) in [5.74, 6) is -2.07. The topological polar surface area (TPSA) is 90.4 Å². The maximum Gasteiger partial charge on any atom is 0.249 e. The van der Waals surface area contributed by atoms with Crippen molar-refractivity contribution >= 4 is 23.4 Å². The second-order valence-electron chi connectivity index (χ2n) is 12.7. The number of anilines is 1. The van der Waals surface area contributed by atoms with Crippen LogP contribution in [0.25, 0.3) is 0 Å². The molecule has 3 fully saturated rings. The summed E-state index contributed by atoms with van der Waals surface area (Å²) in [5, 5.41) is 10.5. The van der Waals surface area contributed by atoms with E-state index in [1.165, 1.54) is 0 Å². The van der Waals surface area contributed by atoms with Gasteiger partial charge in [0.05, 0.1) is 30.6 Å². The van der Waals surface area contributed by atoms with Crippen LogP contribution in [0.5, 0.6) is 0 Å². The van der Waals surface area contributed by atoms with E-state index in [0.29, 0.717) is 25.8 Å². The zero-order valence-electron chi connectivity index (χ0n) is 24.6. The molecule has 8 nitrogen and oxygen atoms in total. The highest BCUT2D eigenvalue weighted by Gasteiger charge is 2.75. The number of fused-ring (bicyclic) bond motifs is 1. The molecule has 0 aliphatic carbocycles. The second-order valence-corrected chi connectivity index (χ2v) is 12.7. The molecule has 3 aliphatic rings. The fourth-order valence-corrected chi connectivity index (χ4v) is 7.08. The lowest BCUT2D eigenvalue weighted by Crippen LogP contribution is -2.61. The van der Waals surface area contributed by atoms with Crippen LogP contribution in [0, 0.1) is 17.8 Å². The number of aliphatic hydroxyl groups is 1. The Balaban J connectivity index is 1.82. The molecule has 6 atom stereocenters. The van der Waals surface area contributed by atoms with Crippen molar-refractivity contribution in [2.24, 2.45) is 17.8 Å². The molecule has 3 saturated heterocycles. The number of carbonyl (C=O) groups excluding carboxylic acids is 3. The average Bonchev–Trinajstić information content (AvgIpc) is 3.55. The number of amides is 3. The Morgan fingerprint density at radius 1 is 1.15 bits per heavy atom. The monoisotopic (exact) mass is 551 g/mol. The first-order valence-electron chi connectivity index (χ1n) is 14.4. The molecule has 0 saturated carbocycles. The standard InChI is InChI=1S/C32H45N3O5/c1-8-17-33(22-13-11-10-12-14-22)28(37)25-24-15-16-32(40-24)26(25)29(38)35(23(20-36)19-21(3)4)27(32)30(39)34(18-9-2)31(5,6)7/h8-14,21,23-27,36H,1-2,15-20H2,3-7H3/t23-,24+,25-,26+,27?,32?/m1/s1. The molecule has 8 heteroatoms. The van der Waals surface area contributed by atoms with E-state index in [4.69, 9.17) is 4.74 Å². The Labute approximate surface area is 238 Å². The van der Waals surface area contributed by atoms with Crippen LogP contribution in [0.15, 0.2) is 55.6 Å². The molecule has 3 amide bonds. The molecule has 40 heavy (non-hydrogen) atoms. The van der Waals surface area contributed by atoms with Gasteiger partial charge in [-0.15, -0.1) is 13.2 Å². The number of likely N-dealkylation sites (tertiary alicyclic amines) is 1. The number of nitrogens with zero attached hydrogens (tertiary/aromatic N) is 3. The van der Waals surface area contributed by atoms with Gasteiger partial charge in [0.25, 0.3) is 0 Å². The Hall–Kier alpha value is -2.97. The third-order valence-electron chi connectivity index (χ3n) is 8.64. The van der Waals surface area contributed by atoms with Crippen LogP contribution in [-0.4, -0.2) is 81.7 Å². The van der Waals surface area contributed by atoms with Crippen molar-refractivity contribution in [1.29, 1.82) is 0 Å². The maximum atomic E-state index is 14.5. The highest BCUT2D eigenvalue weighted by molar-refractivity contribution is 6.03. The molecule has 1 aromatic carbocycles. The lowest BCUT2D eigenvalue weighted by Gasteiger charge is -2.43. The normalized spacial score (nSPS) is 28.0. The zero-order valence-corrected chi connectivity index (χ0v) is 24.6. The van der Waals surface area contributed by atoms with Gasteiger partial charge in [-0.3, -0.25) is 14.4 Å². The van der Waals surface area contributed by atoms with Gasteiger partial charge in [0.1, 0.15) is 11.6 Å². The van der Waals surface area contributed by atoms with E-state index in [0.717, 1.165) is 5.69 Å². The van der Waals surface area contributed by atoms with E-state index in [1.807, 2.05) is 65.0 Å². The lowest BCUT2D eigenvalue weighted by atomic mass is 9.70. The molecule has 4 rings (SSSR count). The van der Waals surface area contributed by atoms with Gasteiger partial charge in [-0.1, -0.05) is 44.2 Å². The SMILES string of the molecule is C=CCN(C(=O)[C@@H]1[C@@H]2CCC3(O2)C(C(=O)N(CC=C)C(C)(C)C)N([C@@H](CO)CC(C)C)C(=O)[C@H]13)c1ccccc1. The summed E-state index contributed by atoms with van der Waals surface area (Å²) in [4.78, 5) is 48.2. The fourth-order valence-electron chi connectivity index (χ4n) is 7.08. The fraction of sp³-hybridized carbons (Fsp3) is 0.594. The summed E-state index contributed by atoms with van der Waals surface area (Å²) >= 11 is 0. The molecule has 3 aliphatic heterocycles. The molecule has 0 radical (unpaired) electrons. The first-order chi connectivity index (χ1) is 18.9. The van der Waals surface area contributed by atoms with Crippen molar-refractivity contribution in [1.82, 2.24) is 9.80 Å². The van der Waals surface area contributed by atoms with Crippen LogP contribution in [0.2, 0.25) is 0 Å². The van der Waals surface area contributed by atoms with Crippen molar-refractivity contribution < 1.29 is 24.2 Å². The number of aliphatic hydroxyl groups excluding tert-OH is 1. The third-order valence-corrected chi connectivity index (χ3v) is 8.64. The summed E-state index contributed by atoms with van der Waals surface area (Å²) in [5.41, 5.74) is -0.955. The minimum Gasteiger partial charge on any atom is -0.394 e. The van der Waals surface area contributed by atoms with Crippen LogP contribution in [0.1, 0.15) is 53.9 Å². The Bertz CT molecular complexity index is 1130. The minimum absolute atomic E-state index is 0.182. The third kappa shape index (κ3) is 5.00. The van der Waals surface area contributed by atoms with Crippen molar-refractivity contribution in [3.05, 3.63) is 55.6 Å². The molecule has 1 spiro atoms. The number of benzene rings is 1. The van der Waals surface area contributed by atoms with Gasteiger partial charge < -0.3 is 24.5 Å². The minimum atomic E-state index is -1.13.